The molecular weight excluding hydrogens is 492 g/mol. The van der Waals surface area contributed by atoms with Gasteiger partial charge in [-0.3, -0.25) is 4.79 Å². The molecule has 2 unspecified atom stereocenters. The minimum Gasteiger partial charge on any atom is -0.451 e. The summed E-state index contributed by atoms with van der Waals surface area (Å²) < 4.78 is 18.9. The number of hydrogen-bond acceptors (Lipinski definition) is 6. The van der Waals surface area contributed by atoms with E-state index in [1.807, 2.05) is 65.0 Å². The van der Waals surface area contributed by atoms with Gasteiger partial charge in [0.2, 0.25) is 0 Å². The molecule has 2 bridgehead atoms. The lowest BCUT2D eigenvalue weighted by Gasteiger charge is -2.52. The van der Waals surface area contributed by atoms with Gasteiger partial charge < -0.3 is 19.3 Å². The molecule has 6 rings (SSSR count). The summed E-state index contributed by atoms with van der Waals surface area (Å²) in [6.45, 7) is 16.4. The smallest absolute Gasteiger partial charge is 0.339 e. The van der Waals surface area contributed by atoms with E-state index in [2.05, 4.69) is 20.8 Å². The van der Waals surface area contributed by atoms with Crippen LogP contribution < -0.4 is 0 Å². The first kappa shape index (κ1) is 26.9. The fourth-order valence-corrected chi connectivity index (χ4v) is 8.66. The van der Waals surface area contributed by atoms with E-state index < -0.39 is 35.0 Å². The van der Waals surface area contributed by atoms with Gasteiger partial charge in [-0.1, -0.05) is 65.0 Å². The van der Waals surface area contributed by atoms with E-state index in [1.165, 1.54) is 0 Å². The fourth-order valence-electron chi connectivity index (χ4n) is 8.66. The second-order valence-corrected chi connectivity index (χ2v) is 14.0. The van der Waals surface area contributed by atoms with Gasteiger partial charge in [-0.25, -0.2) is 4.79 Å². The largest absolute Gasteiger partial charge is 0.451 e. The molecule has 0 amide bonds. The Morgan fingerprint density at radius 2 is 1.85 bits per heavy atom. The zero-order chi connectivity index (χ0) is 28.3. The molecule has 0 radical (unpaired) electrons. The molecule has 4 aliphatic carbocycles. The van der Waals surface area contributed by atoms with Crippen LogP contribution in [0.25, 0.3) is 0 Å². The van der Waals surface area contributed by atoms with Gasteiger partial charge in [-0.2, -0.15) is 0 Å². The molecule has 1 saturated heterocycles. The SMILES string of the molecule is CC1=CC23C(=O)[C@@H](C=C4COC(C)(C)O[C@H]4[C@]2(O)[C@H]1OC(=O)c1ccccc1C(C)C)[C@@H]1[C@@H](CC3C)C1(C)C. The van der Waals surface area contributed by atoms with E-state index in [0.29, 0.717) is 17.1 Å². The third kappa shape index (κ3) is 3.50. The van der Waals surface area contributed by atoms with Crippen LogP contribution in [0.4, 0.5) is 0 Å². The van der Waals surface area contributed by atoms with Crippen molar-refractivity contribution < 1.29 is 28.9 Å². The highest BCUT2D eigenvalue weighted by atomic mass is 16.7. The molecule has 1 aromatic rings. The Morgan fingerprint density at radius 1 is 1.15 bits per heavy atom. The molecule has 0 aromatic heterocycles. The number of carbonyl (C=O) groups is 2. The lowest BCUT2D eigenvalue weighted by atomic mass is 9.59. The average molecular weight is 535 g/mol. The summed E-state index contributed by atoms with van der Waals surface area (Å²) >= 11 is 0. The van der Waals surface area contributed by atoms with Crippen molar-refractivity contribution in [3.8, 4) is 0 Å². The van der Waals surface area contributed by atoms with Crippen molar-refractivity contribution in [2.45, 2.75) is 91.3 Å². The van der Waals surface area contributed by atoms with Crippen LogP contribution in [0.2, 0.25) is 0 Å². The minimum absolute atomic E-state index is 0.0133. The zero-order valence-electron chi connectivity index (χ0n) is 24.4. The molecule has 2 saturated carbocycles. The summed E-state index contributed by atoms with van der Waals surface area (Å²) in [7, 11) is 0. The summed E-state index contributed by atoms with van der Waals surface area (Å²) in [6.07, 6.45) is 2.88. The van der Waals surface area contributed by atoms with Crippen LogP contribution in [-0.4, -0.2) is 47.1 Å². The summed E-state index contributed by atoms with van der Waals surface area (Å²) in [4.78, 5) is 28.6. The lowest BCUT2D eigenvalue weighted by molar-refractivity contribution is -0.302. The van der Waals surface area contributed by atoms with Gasteiger partial charge in [0.05, 0.1) is 17.6 Å². The molecule has 210 valence electrons. The number of benzene rings is 1. The van der Waals surface area contributed by atoms with Crippen molar-refractivity contribution in [2.75, 3.05) is 6.61 Å². The van der Waals surface area contributed by atoms with Gasteiger partial charge in [0, 0.05) is 5.92 Å². The molecular formula is C33H42O6. The molecule has 6 heteroatoms. The van der Waals surface area contributed by atoms with Gasteiger partial charge >= 0.3 is 5.97 Å². The standard InChI is InChI=1S/C33H42O6/c1-17(2)21-11-9-10-12-22(21)29(35)38-27-18(3)15-32-19(4)13-24-25(30(24,5)6)23(26(32)34)14-20-16-37-31(7,8)39-28(20)33(27,32)36/h9-12,14-15,17,19,23-25,27-28,36H,13,16H2,1-8H3/t19?,23-,24+,25+,27-,28+,32?,33+/m0/s1. The monoisotopic (exact) mass is 534 g/mol. The summed E-state index contributed by atoms with van der Waals surface area (Å²) in [5.74, 6) is -1.28. The molecule has 39 heavy (non-hydrogen) atoms. The highest BCUT2D eigenvalue weighted by Gasteiger charge is 2.77. The zero-order valence-corrected chi connectivity index (χ0v) is 24.4. The third-order valence-corrected chi connectivity index (χ3v) is 10.7. The highest BCUT2D eigenvalue weighted by molar-refractivity contribution is 5.96. The molecule has 6 nitrogen and oxygen atoms in total. The van der Waals surface area contributed by atoms with E-state index in [-0.39, 0.29) is 41.5 Å². The average Bonchev–Trinajstić information content (AvgIpc) is 3.36. The summed E-state index contributed by atoms with van der Waals surface area (Å²) in [6, 6.07) is 7.43. The Hall–Kier alpha value is -2.28. The third-order valence-electron chi connectivity index (χ3n) is 10.7. The summed E-state index contributed by atoms with van der Waals surface area (Å²) in [5, 5.41) is 13.2. The number of aliphatic hydroxyl groups is 1. The minimum atomic E-state index is -1.81. The number of ketones is 1. The first-order valence-electron chi connectivity index (χ1n) is 14.4. The molecule has 1 heterocycles. The number of fused-ring (bicyclic) bond motifs is 5. The topological polar surface area (TPSA) is 82.1 Å². The van der Waals surface area contributed by atoms with E-state index >= 15 is 0 Å². The molecule has 1 spiro atoms. The second-order valence-electron chi connectivity index (χ2n) is 14.0. The Balaban J connectivity index is 1.51. The van der Waals surface area contributed by atoms with Crippen molar-refractivity contribution in [1.29, 1.82) is 0 Å². The number of carbonyl (C=O) groups excluding carboxylic acids is 2. The van der Waals surface area contributed by atoms with Crippen LogP contribution >= 0.6 is 0 Å². The fraction of sp³-hybridized carbons (Fsp3) is 0.636. The number of hydrogen-bond donors (Lipinski definition) is 1. The van der Waals surface area contributed by atoms with Gasteiger partial charge in [-0.15, -0.1) is 0 Å². The first-order chi connectivity index (χ1) is 18.2. The van der Waals surface area contributed by atoms with Crippen LogP contribution in [0.3, 0.4) is 0 Å². The van der Waals surface area contributed by atoms with Crippen LogP contribution in [0.5, 0.6) is 0 Å². The van der Waals surface area contributed by atoms with Gasteiger partial charge in [0.15, 0.2) is 23.3 Å². The molecule has 5 aliphatic rings. The molecule has 3 fully saturated rings. The van der Waals surface area contributed by atoms with Crippen LogP contribution in [-0.2, 0) is 19.0 Å². The second kappa shape index (κ2) is 8.37. The Kier molecular flexibility index (Phi) is 5.78. The number of allylic oxidation sites excluding steroid dienone is 1. The van der Waals surface area contributed by atoms with Crippen molar-refractivity contribution >= 4 is 11.8 Å². The number of ether oxygens (including phenoxy) is 3. The first-order valence-corrected chi connectivity index (χ1v) is 14.4. The van der Waals surface area contributed by atoms with Crippen LogP contribution in [0, 0.1) is 34.5 Å². The highest BCUT2D eigenvalue weighted by Crippen LogP contribution is 2.72. The van der Waals surface area contributed by atoms with Crippen LogP contribution in [0.15, 0.2) is 47.6 Å². The van der Waals surface area contributed by atoms with E-state index in [4.69, 9.17) is 14.2 Å². The van der Waals surface area contributed by atoms with E-state index in [9.17, 15) is 14.7 Å². The lowest BCUT2D eigenvalue weighted by Crippen LogP contribution is -2.68. The van der Waals surface area contributed by atoms with Crippen molar-refractivity contribution in [1.82, 2.24) is 0 Å². The van der Waals surface area contributed by atoms with Gasteiger partial charge in [0.25, 0.3) is 0 Å². The predicted octanol–water partition coefficient (Wildman–Crippen LogP) is 5.60. The maximum absolute atomic E-state index is 14.8. The number of esters is 1. The molecule has 1 N–H and O–H groups in total. The van der Waals surface area contributed by atoms with Crippen molar-refractivity contribution in [3.05, 3.63) is 58.7 Å². The maximum atomic E-state index is 14.8. The number of Topliss-reactive ketones (excluding diaryl/α,β-unsaturated/α-hetero) is 1. The Labute approximate surface area is 231 Å². The molecule has 1 aromatic carbocycles. The summed E-state index contributed by atoms with van der Waals surface area (Å²) in [5.41, 5.74) is -0.193. The van der Waals surface area contributed by atoms with Gasteiger partial charge in [0.1, 0.15) is 6.10 Å². The normalized spacial score (nSPS) is 41.3. The molecule has 8 atom stereocenters. The van der Waals surface area contributed by atoms with Crippen molar-refractivity contribution in [3.63, 3.8) is 0 Å². The van der Waals surface area contributed by atoms with Gasteiger partial charge in [-0.05, 0) is 79.1 Å². The number of rotatable bonds is 3. The predicted molar refractivity (Wildman–Crippen MR) is 147 cm³/mol. The van der Waals surface area contributed by atoms with E-state index in [1.54, 1.807) is 6.07 Å². The Bertz CT molecular complexity index is 1300. The van der Waals surface area contributed by atoms with Crippen molar-refractivity contribution in [2.24, 2.45) is 34.5 Å². The Morgan fingerprint density at radius 3 is 2.54 bits per heavy atom. The van der Waals surface area contributed by atoms with Crippen LogP contribution in [0.1, 0.15) is 83.7 Å². The quantitative estimate of drug-likeness (QED) is 0.402. The maximum Gasteiger partial charge on any atom is 0.339 e. The molecule has 1 aliphatic heterocycles. The van der Waals surface area contributed by atoms with E-state index in [0.717, 1.165) is 17.6 Å².